The zero-order chi connectivity index (χ0) is 14.8. The average molecular weight is 313 g/mol. The summed E-state index contributed by atoms with van der Waals surface area (Å²) in [6.07, 6.45) is 0. The molecule has 0 aliphatic heterocycles. The standard InChI is InChI=1S/C16H15N3S2/c1-19(9-11-6-7-21-10-11)16-13(15(17)20)8-12-4-2-3-5-14(12)18-16/h2-8,10H,9H2,1H3,(H2,17,20). The van der Waals surface area contributed by atoms with Crippen molar-refractivity contribution in [3.63, 3.8) is 0 Å². The number of benzene rings is 1. The summed E-state index contributed by atoms with van der Waals surface area (Å²) < 4.78 is 0. The second-order valence-corrected chi connectivity index (χ2v) is 6.12. The molecule has 3 aromatic rings. The largest absolute Gasteiger partial charge is 0.389 e. The van der Waals surface area contributed by atoms with Crippen molar-refractivity contribution in [2.75, 3.05) is 11.9 Å². The van der Waals surface area contributed by atoms with E-state index < -0.39 is 0 Å². The first-order valence-corrected chi connectivity index (χ1v) is 7.92. The van der Waals surface area contributed by atoms with E-state index in [-0.39, 0.29) is 0 Å². The molecule has 1 aromatic carbocycles. The third kappa shape index (κ3) is 2.89. The van der Waals surface area contributed by atoms with Crippen LogP contribution in [0.4, 0.5) is 5.82 Å². The van der Waals surface area contributed by atoms with Gasteiger partial charge in [0.15, 0.2) is 0 Å². The van der Waals surface area contributed by atoms with Gasteiger partial charge in [-0.3, -0.25) is 0 Å². The third-order valence-corrected chi connectivity index (χ3v) is 4.28. The quantitative estimate of drug-likeness (QED) is 0.748. The third-order valence-electron chi connectivity index (χ3n) is 3.33. The van der Waals surface area contributed by atoms with Gasteiger partial charge in [0.1, 0.15) is 10.8 Å². The molecule has 0 radical (unpaired) electrons. The van der Waals surface area contributed by atoms with Crippen LogP contribution in [-0.4, -0.2) is 17.0 Å². The molecule has 106 valence electrons. The number of rotatable bonds is 4. The van der Waals surface area contributed by atoms with Crippen LogP contribution in [0.25, 0.3) is 10.9 Å². The van der Waals surface area contributed by atoms with Gasteiger partial charge in [-0.25, -0.2) is 4.98 Å². The lowest BCUT2D eigenvalue weighted by Gasteiger charge is -2.21. The average Bonchev–Trinajstić information content (AvgIpc) is 2.98. The summed E-state index contributed by atoms with van der Waals surface area (Å²) >= 11 is 6.89. The molecule has 3 rings (SSSR count). The molecule has 0 amide bonds. The van der Waals surface area contributed by atoms with E-state index in [0.717, 1.165) is 28.8 Å². The second kappa shape index (κ2) is 5.79. The summed E-state index contributed by atoms with van der Waals surface area (Å²) in [5.41, 5.74) is 8.91. The summed E-state index contributed by atoms with van der Waals surface area (Å²) in [4.78, 5) is 7.20. The summed E-state index contributed by atoms with van der Waals surface area (Å²) in [5.74, 6) is 0.826. The second-order valence-electron chi connectivity index (χ2n) is 4.90. The lowest BCUT2D eigenvalue weighted by atomic mass is 10.1. The summed E-state index contributed by atoms with van der Waals surface area (Å²) in [5, 5.41) is 5.26. The number of nitrogens with two attached hydrogens (primary N) is 1. The zero-order valence-corrected chi connectivity index (χ0v) is 13.2. The van der Waals surface area contributed by atoms with Crippen LogP contribution >= 0.6 is 23.6 Å². The van der Waals surface area contributed by atoms with Crippen molar-refractivity contribution in [3.05, 3.63) is 58.3 Å². The molecular weight excluding hydrogens is 298 g/mol. The molecule has 0 aliphatic rings. The summed E-state index contributed by atoms with van der Waals surface area (Å²) in [6.45, 7) is 0.782. The number of fused-ring (bicyclic) bond motifs is 1. The fourth-order valence-electron chi connectivity index (χ4n) is 2.31. The Hall–Kier alpha value is -1.98. The summed E-state index contributed by atoms with van der Waals surface area (Å²) in [7, 11) is 2.01. The molecule has 0 saturated heterocycles. The van der Waals surface area contributed by atoms with E-state index in [1.54, 1.807) is 11.3 Å². The van der Waals surface area contributed by atoms with Gasteiger partial charge in [0.2, 0.25) is 0 Å². The minimum atomic E-state index is 0.375. The van der Waals surface area contributed by atoms with Gasteiger partial charge < -0.3 is 10.6 Å². The van der Waals surface area contributed by atoms with Crippen LogP contribution in [0.2, 0.25) is 0 Å². The van der Waals surface area contributed by atoms with E-state index in [9.17, 15) is 0 Å². The van der Waals surface area contributed by atoms with E-state index in [1.807, 2.05) is 37.4 Å². The van der Waals surface area contributed by atoms with Crippen LogP contribution < -0.4 is 10.6 Å². The highest BCUT2D eigenvalue weighted by Gasteiger charge is 2.13. The number of aromatic nitrogens is 1. The first-order valence-electron chi connectivity index (χ1n) is 6.57. The van der Waals surface area contributed by atoms with Gasteiger partial charge in [0.25, 0.3) is 0 Å². The Morgan fingerprint density at radius 2 is 2.14 bits per heavy atom. The Morgan fingerprint density at radius 1 is 1.33 bits per heavy atom. The predicted molar refractivity (Wildman–Crippen MR) is 94.1 cm³/mol. The van der Waals surface area contributed by atoms with Crippen molar-refractivity contribution < 1.29 is 0 Å². The molecule has 21 heavy (non-hydrogen) atoms. The Kier molecular flexibility index (Phi) is 3.86. The number of thiocarbonyl (C=S) groups is 1. The number of nitrogens with zero attached hydrogens (tertiary/aromatic N) is 2. The van der Waals surface area contributed by atoms with Crippen LogP contribution in [0.5, 0.6) is 0 Å². The first kappa shape index (κ1) is 14.0. The predicted octanol–water partition coefficient (Wildman–Crippen LogP) is 3.57. The van der Waals surface area contributed by atoms with E-state index in [4.69, 9.17) is 22.9 Å². The van der Waals surface area contributed by atoms with Crippen molar-refractivity contribution in [2.45, 2.75) is 6.54 Å². The topological polar surface area (TPSA) is 42.2 Å². The van der Waals surface area contributed by atoms with Crippen LogP contribution in [0.3, 0.4) is 0 Å². The van der Waals surface area contributed by atoms with Gasteiger partial charge >= 0.3 is 0 Å². The SMILES string of the molecule is CN(Cc1ccsc1)c1nc2ccccc2cc1C(N)=S. The maximum Gasteiger partial charge on any atom is 0.139 e. The molecule has 2 heterocycles. The Bertz CT molecular complexity index is 781. The van der Waals surface area contributed by atoms with Gasteiger partial charge in [-0.2, -0.15) is 11.3 Å². The van der Waals surface area contributed by atoms with Crippen molar-refractivity contribution in [3.8, 4) is 0 Å². The van der Waals surface area contributed by atoms with Gasteiger partial charge in [0, 0.05) is 19.0 Å². The number of para-hydroxylation sites is 1. The first-order chi connectivity index (χ1) is 10.1. The highest BCUT2D eigenvalue weighted by molar-refractivity contribution is 7.80. The summed E-state index contributed by atoms with van der Waals surface area (Å²) in [6, 6.07) is 12.1. The van der Waals surface area contributed by atoms with Crippen molar-refractivity contribution in [1.82, 2.24) is 4.98 Å². The Balaban J connectivity index is 2.06. The fourth-order valence-corrected chi connectivity index (χ4v) is 3.12. The molecule has 2 aromatic heterocycles. The zero-order valence-electron chi connectivity index (χ0n) is 11.6. The van der Waals surface area contributed by atoms with Crippen LogP contribution in [0.15, 0.2) is 47.2 Å². The van der Waals surface area contributed by atoms with Crippen molar-refractivity contribution in [2.24, 2.45) is 5.73 Å². The number of hydrogen-bond donors (Lipinski definition) is 1. The number of thiophene rings is 1. The van der Waals surface area contributed by atoms with E-state index >= 15 is 0 Å². The molecule has 0 atom stereocenters. The lowest BCUT2D eigenvalue weighted by molar-refractivity contribution is 0.905. The fraction of sp³-hybridized carbons (Fsp3) is 0.125. The van der Waals surface area contributed by atoms with E-state index in [1.165, 1.54) is 5.56 Å². The molecule has 3 nitrogen and oxygen atoms in total. The number of hydrogen-bond acceptors (Lipinski definition) is 4. The van der Waals surface area contributed by atoms with Crippen molar-refractivity contribution in [1.29, 1.82) is 0 Å². The molecule has 0 aliphatic carbocycles. The lowest BCUT2D eigenvalue weighted by Crippen LogP contribution is -2.22. The maximum atomic E-state index is 5.88. The maximum absolute atomic E-state index is 5.88. The highest BCUT2D eigenvalue weighted by Crippen LogP contribution is 2.24. The monoisotopic (exact) mass is 313 g/mol. The number of anilines is 1. The smallest absolute Gasteiger partial charge is 0.139 e. The Morgan fingerprint density at radius 3 is 2.86 bits per heavy atom. The molecule has 0 saturated carbocycles. The van der Waals surface area contributed by atoms with Gasteiger partial charge in [-0.1, -0.05) is 30.4 Å². The van der Waals surface area contributed by atoms with Crippen molar-refractivity contribution >= 4 is 45.3 Å². The van der Waals surface area contributed by atoms with Gasteiger partial charge in [-0.05, 0) is 34.5 Å². The minimum absolute atomic E-state index is 0.375. The molecule has 0 spiro atoms. The molecule has 0 fully saturated rings. The molecule has 0 unspecified atom stereocenters. The van der Waals surface area contributed by atoms with Gasteiger partial charge in [-0.15, -0.1) is 0 Å². The normalized spacial score (nSPS) is 10.7. The number of pyridine rings is 1. The van der Waals surface area contributed by atoms with E-state index in [0.29, 0.717) is 4.99 Å². The molecule has 5 heteroatoms. The Labute approximate surface area is 133 Å². The molecule has 0 bridgehead atoms. The molecular formula is C16H15N3S2. The highest BCUT2D eigenvalue weighted by atomic mass is 32.1. The molecule has 2 N–H and O–H groups in total. The van der Waals surface area contributed by atoms with Crippen LogP contribution in [0, 0.1) is 0 Å². The van der Waals surface area contributed by atoms with Gasteiger partial charge in [0.05, 0.1) is 11.1 Å². The van der Waals surface area contributed by atoms with Crippen LogP contribution in [-0.2, 0) is 6.54 Å². The minimum Gasteiger partial charge on any atom is -0.389 e. The van der Waals surface area contributed by atoms with Crippen LogP contribution in [0.1, 0.15) is 11.1 Å². The van der Waals surface area contributed by atoms with E-state index in [2.05, 4.69) is 21.7 Å².